The van der Waals surface area contributed by atoms with E-state index in [0.717, 1.165) is 27.3 Å². The first-order valence-corrected chi connectivity index (χ1v) is 11.5. The lowest BCUT2D eigenvalue weighted by atomic mass is 10.0. The molecule has 0 spiro atoms. The highest BCUT2D eigenvalue weighted by atomic mass is 16.6. The van der Waals surface area contributed by atoms with E-state index in [2.05, 4.69) is 11.9 Å². The third-order valence-corrected chi connectivity index (χ3v) is 5.01. The van der Waals surface area contributed by atoms with Gasteiger partial charge in [0.05, 0.1) is 33.0 Å². The van der Waals surface area contributed by atoms with Crippen LogP contribution in [-0.4, -0.2) is 58.2 Å². The molecule has 1 N–H and O–H groups in total. The predicted molar refractivity (Wildman–Crippen MR) is 134 cm³/mol. The van der Waals surface area contributed by atoms with Gasteiger partial charge in [-0.15, -0.1) is 0 Å². The Bertz CT molecular complexity index is 1120. The second-order valence-electron chi connectivity index (χ2n) is 7.64. The van der Waals surface area contributed by atoms with E-state index < -0.39 is 12.1 Å². The molecule has 0 aromatic heterocycles. The number of hydrogen-bond acceptors (Lipinski definition) is 7. The van der Waals surface area contributed by atoms with Gasteiger partial charge in [-0.2, -0.15) is 0 Å². The van der Waals surface area contributed by atoms with Crippen molar-refractivity contribution in [1.82, 2.24) is 5.32 Å². The molecular formula is C27H31NO7. The third kappa shape index (κ3) is 7.18. The van der Waals surface area contributed by atoms with Gasteiger partial charge in [0.25, 0.3) is 0 Å². The molecule has 186 valence electrons. The number of amides is 1. The van der Waals surface area contributed by atoms with Crippen LogP contribution < -0.4 is 14.8 Å². The zero-order valence-corrected chi connectivity index (χ0v) is 20.1. The first-order chi connectivity index (χ1) is 17.0. The molecule has 1 amide bonds. The average Bonchev–Trinajstić information content (AvgIpc) is 2.86. The van der Waals surface area contributed by atoms with Gasteiger partial charge in [0.1, 0.15) is 18.1 Å². The predicted octanol–water partition coefficient (Wildman–Crippen LogP) is 4.63. The SMILES string of the molecule is C=C(C)C(=O)OCCOCCOCCNC(=O)Oc1c2ccccc2c(OCC)c2ccccc12. The molecule has 0 unspecified atom stereocenters. The molecule has 0 saturated carbocycles. The summed E-state index contributed by atoms with van der Waals surface area (Å²) in [6.45, 7) is 9.27. The normalized spacial score (nSPS) is 10.8. The number of benzene rings is 3. The van der Waals surface area contributed by atoms with Gasteiger partial charge in [-0.1, -0.05) is 55.1 Å². The van der Waals surface area contributed by atoms with Crippen LogP contribution >= 0.6 is 0 Å². The van der Waals surface area contributed by atoms with Crippen molar-refractivity contribution < 1.29 is 33.3 Å². The van der Waals surface area contributed by atoms with Crippen molar-refractivity contribution in [2.75, 3.05) is 46.2 Å². The van der Waals surface area contributed by atoms with E-state index in [1.807, 2.05) is 55.5 Å². The molecule has 0 aliphatic rings. The van der Waals surface area contributed by atoms with Gasteiger partial charge in [-0.25, -0.2) is 9.59 Å². The zero-order chi connectivity index (χ0) is 25.0. The van der Waals surface area contributed by atoms with Crippen molar-refractivity contribution in [3.05, 3.63) is 60.7 Å². The van der Waals surface area contributed by atoms with Gasteiger partial charge in [0.15, 0.2) is 0 Å². The van der Waals surface area contributed by atoms with Gasteiger partial charge in [0, 0.05) is 33.7 Å². The Kier molecular flexibility index (Phi) is 9.89. The van der Waals surface area contributed by atoms with Crippen LogP contribution in [0.25, 0.3) is 21.5 Å². The van der Waals surface area contributed by atoms with Gasteiger partial charge >= 0.3 is 12.1 Å². The average molecular weight is 482 g/mol. The Balaban J connectivity index is 1.48. The maximum absolute atomic E-state index is 12.5. The van der Waals surface area contributed by atoms with Crippen LogP contribution in [0.15, 0.2) is 60.7 Å². The van der Waals surface area contributed by atoms with Crippen LogP contribution in [0.1, 0.15) is 13.8 Å². The number of nitrogens with one attached hydrogen (secondary N) is 1. The fourth-order valence-electron chi connectivity index (χ4n) is 3.45. The molecule has 3 aromatic carbocycles. The maximum atomic E-state index is 12.5. The molecule has 0 radical (unpaired) electrons. The van der Waals surface area contributed by atoms with E-state index in [1.54, 1.807) is 6.92 Å². The van der Waals surface area contributed by atoms with E-state index >= 15 is 0 Å². The number of ether oxygens (including phenoxy) is 5. The number of fused-ring (bicyclic) bond motifs is 2. The molecule has 3 aromatic rings. The monoisotopic (exact) mass is 481 g/mol. The highest BCUT2D eigenvalue weighted by Crippen LogP contribution is 2.42. The Morgan fingerprint density at radius 2 is 1.31 bits per heavy atom. The third-order valence-electron chi connectivity index (χ3n) is 5.01. The molecule has 35 heavy (non-hydrogen) atoms. The van der Waals surface area contributed by atoms with Crippen molar-refractivity contribution in [3.63, 3.8) is 0 Å². The van der Waals surface area contributed by atoms with E-state index in [0.29, 0.717) is 37.8 Å². The summed E-state index contributed by atoms with van der Waals surface area (Å²) in [4.78, 5) is 23.8. The van der Waals surface area contributed by atoms with Crippen LogP contribution in [0.5, 0.6) is 11.5 Å². The maximum Gasteiger partial charge on any atom is 0.412 e. The van der Waals surface area contributed by atoms with Crippen LogP contribution in [0.4, 0.5) is 4.79 Å². The lowest BCUT2D eigenvalue weighted by Crippen LogP contribution is -2.30. The van der Waals surface area contributed by atoms with Gasteiger partial charge in [-0.3, -0.25) is 0 Å². The van der Waals surface area contributed by atoms with Crippen LogP contribution in [-0.2, 0) is 19.0 Å². The topological polar surface area (TPSA) is 92.3 Å². The quantitative estimate of drug-likeness (QED) is 0.165. The molecule has 0 atom stereocenters. The summed E-state index contributed by atoms with van der Waals surface area (Å²) in [5.74, 6) is 0.823. The second-order valence-corrected chi connectivity index (χ2v) is 7.64. The van der Waals surface area contributed by atoms with Crippen molar-refractivity contribution in [1.29, 1.82) is 0 Å². The summed E-state index contributed by atoms with van der Waals surface area (Å²) in [5, 5.41) is 6.07. The largest absolute Gasteiger partial charge is 0.493 e. The fraction of sp³-hybridized carbons (Fsp3) is 0.333. The summed E-state index contributed by atoms with van der Waals surface area (Å²) in [7, 11) is 0. The van der Waals surface area contributed by atoms with E-state index in [1.165, 1.54) is 0 Å². The minimum atomic E-state index is -0.566. The molecule has 0 fully saturated rings. The van der Waals surface area contributed by atoms with Gasteiger partial charge < -0.3 is 29.0 Å². The lowest BCUT2D eigenvalue weighted by Gasteiger charge is -2.16. The Morgan fingerprint density at radius 3 is 1.86 bits per heavy atom. The minimum Gasteiger partial charge on any atom is -0.493 e. The molecular weight excluding hydrogens is 450 g/mol. The molecule has 0 saturated heterocycles. The highest BCUT2D eigenvalue weighted by molar-refractivity contribution is 6.11. The van der Waals surface area contributed by atoms with Crippen molar-refractivity contribution in [2.24, 2.45) is 0 Å². The number of hydrogen-bond donors (Lipinski definition) is 1. The van der Waals surface area contributed by atoms with Crippen molar-refractivity contribution in [2.45, 2.75) is 13.8 Å². The Morgan fingerprint density at radius 1 is 0.800 bits per heavy atom. The number of carbonyl (C=O) groups excluding carboxylic acids is 2. The first kappa shape index (κ1) is 26.0. The van der Waals surface area contributed by atoms with Crippen LogP contribution in [0.2, 0.25) is 0 Å². The van der Waals surface area contributed by atoms with Crippen LogP contribution in [0, 0.1) is 0 Å². The second kappa shape index (κ2) is 13.3. The number of esters is 1. The van der Waals surface area contributed by atoms with E-state index in [-0.39, 0.29) is 19.8 Å². The van der Waals surface area contributed by atoms with E-state index in [4.69, 9.17) is 23.7 Å². The Labute approximate surface area is 204 Å². The molecule has 0 heterocycles. The van der Waals surface area contributed by atoms with Crippen LogP contribution in [0.3, 0.4) is 0 Å². The zero-order valence-electron chi connectivity index (χ0n) is 20.1. The number of rotatable bonds is 13. The molecule has 8 heteroatoms. The molecule has 3 rings (SSSR count). The summed E-state index contributed by atoms with van der Waals surface area (Å²) >= 11 is 0. The lowest BCUT2D eigenvalue weighted by molar-refractivity contribution is -0.140. The molecule has 8 nitrogen and oxygen atoms in total. The summed E-state index contributed by atoms with van der Waals surface area (Å²) < 4.78 is 27.4. The summed E-state index contributed by atoms with van der Waals surface area (Å²) in [6.07, 6.45) is -0.566. The summed E-state index contributed by atoms with van der Waals surface area (Å²) in [5.41, 5.74) is 0.350. The summed E-state index contributed by atoms with van der Waals surface area (Å²) in [6, 6.07) is 15.4. The molecule has 0 aliphatic carbocycles. The van der Waals surface area contributed by atoms with Crippen molar-refractivity contribution in [3.8, 4) is 11.5 Å². The van der Waals surface area contributed by atoms with Crippen molar-refractivity contribution >= 4 is 33.6 Å². The smallest absolute Gasteiger partial charge is 0.412 e. The fourth-order valence-corrected chi connectivity index (χ4v) is 3.45. The first-order valence-electron chi connectivity index (χ1n) is 11.5. The Hall–Kier alpha value is -3.62. The van der Waals surface area contributed by atoms with Gasteiger partial charge in [0.2, 0.25) is 0 Å². The van der Waals surface area contributed by atoms with Gasteiger partial charge in [-0.05, 0) is 13.8 Å². The molecule has 0 bridgehead atoms. The van der Waals surface area contributed by atoms with E-state index in [9.17, 15) is 9.59 Å². The molecule has 0 aliphatic heterocycles. The number of carbonyl (C=O) groups is 2. The standard InChI is InChI=1S/C27H31NO7/c1-4-33-24-20-9-5-7-11-22(20)25(23-12-8-6-10-21(23)24)35-27(30)28-13-14-31-15-16-32-17-18-34-26(29)19(2)3/h5-12H,2,4,13-18H2,1,3H3,(H,28,30). The highest BCUT2D eigenvalue weighted by Gasteiger charge is 2.17. The minimum absolute atomic E-state index is 0.161.